The van der Waals surface area contributed by atoms with Crippen molar-refractivity contribution in [2.45, 2.75) is 11.3 Å². The molecule has 0 amide bonds. The van der Waals surface area contributed by atoms with Crippen molar-refractivity contribution in [3.05, 3.63) is 66.7 Å². The summed E-state index contributed by atoms with van der Waals surface area (Å²) < 4.78 is 72.4. The lowest BCUT2D eigenvalue weighted by molar-refractivity contribution is -0.274. The van der Waals surface area contributed by atoms with Gasteiger partial charge < -0.3 is 9.47 Å². The van der Waals surface area contributed by atoms with Gasteiger partial charge in [-0.3, -0.25) is 0 Å². The number of ether oxygens (including phenoxy) is 2. The fourth-order valence-corrected chi connectivity index (χ4v) is 3.51. The average Bonchev–Trinajstić information content (AvgIpc) is 2.70. The van der Waals surface area contributed by atoms with Crippen molar-refractivity contribution >= 4 is 20.8 Å². The van der Waals surface area contributed by atoms with Gasteiger partial charge in [-0.05, 0) is 35.7 Å². The molecule has 5 nitrogen and oxygen atoms in total. The van der Waals surface area contributed by atoms with Crippen molar-refractivity contribution in [1.29, 1.82) is 0 Å². The maximum Gasteiger partial charge on any atom is 0.573 e. The van der Waals surface area contributed by atoms with Crippen molar-refractivity contribution in [2.75, 3.05) is 13.2 Å². The highest BCUT2D eigenvalue weighted by atomic mass is 32.2. The van der Waals surface area contributed by atoms with Gasteiger partial charge in [0.2, 0.25) is 10.0 Å². The van der Waals surface area contributed by atoms with Crippen LogP contribution in [0.25, 0.3) is 10.8 Å². The predicted molar refractivity (Wildman–Crippen MR) is 106 cm³/mol. The van der Waals surface area contributed by atoms with Gasteiger partial charge in [0.1, 0.15) is 18.1 Å². The lowest BCUT2D eigenvalue weighted by Gasteiger charge is -2.09. The van der Waals surface area contributed by atoms with E-state index >= 15 is 0 Å². The summed E-state index contributed by atoms with van der Waals surface area (Å²) in [5.41, 5.74) is 0. The topological polar surface area (TPSA) is 64.6 Å². The number of hydrogen-bond donors (Lipinski definition) is 1. The summed E-state index contributed by atoms with van der Waals surface area (Å²) in [5.74, 6) is 5.51. The van der Waals surface area contributed by atoms with E-state index in [0.717, 1.165) is 35.0 Å². The minimum absolute atomic E-state index is 0.0687. The minimum Gasteiger partial charge on any atom is -0.480 e. The molecule has 0 heterocycles. The molecule has 0 bridgehead atoms. The first-order valence-corrected chi connectivity index (χ1v) is 10.1. The van der Waals surface area contributed by atoms with Gasteiger partial charge in [0.15, 0.2) is 0 Å². The third kappa shape index (κ3) is 5.89. The van der Waals surface area contributed by atoms with E-state index < -0.39 is 22.1 Å². The van der Waals surface area contributed by atoms with Crippen LogP contribution in [0.15, 0.2) is 71.6 Å². The number of benzene rings is 3. The van der Waals surface area contributed by atoms with Crippen LogP contribution in [0.1, 0.15) is 0 Å². The maximum absolute atomic E-state index is 12.2. The van der Waals surface area contributed by atoms with Crippen molar-refractivity contribution < 1.29 is 31.1 Å². The zero-order valence-corrected chi connectivity index (χ0v) is 16.3. The molecule has 0 saturated heterocycles. The molecule has 0 atom stereocenters. The monoisotopic (exact) mass is 435 g/mol. The molecule has 0 spiro atoms. The molecule has 1 N–H and O–H groups in total. The highest BCUT2D eigenvalue weighted by Crippen LogP contribution is 2.25. The Morgan fingerprint density at radius 1 is 0.900 bits per heavy atom. The summed E-state index contributed by atoms with van der Waals surface area (Å²) in [6.07, 6.45) is -4.84. The highest BCUT2D eigenvalue weighted by Gasteiger charge is 2.31. The quantitative estimate of drug-likeness (QED) is 0.593. The molecule has 3 aromatic rings. The molecular weight excluding hydrogens is 419 g/mol. The lowest BCUT2D eigenvalue weighted by Crippen LogP contribution is -2.24. The molecule has 0 saturated carbocycles. The zero-order chi connectivity index (χ0) is 21.6. The first kappa shape index (κ1) is 21.5. The number of sulfonamides is 1. The summed E-state index contributed by atoms with van der Waals surface area (Å²) in [6.45, 7) is -0.110. The molecule has 0 aliphatic rings. The highest BCUT2D eigenvalue weighted by molar-refractivity contribution is 7.89. The molecule has 0 aliphatic heterocycles. The van der Waals surface area contributed by atoms with E-state index in [-0.39, 0.29) is 18.0 Å². The van der Waals surface area contributed by atoms with Crippen LogP contribution in [-0.2, 0) is 10.0 Å². The van der Waals surface area contributed by atoms with Gasteiger partial charge in [0, 0.05) is 5.39 Å². The molecule has 0 unspecified atom stereocenters. The van der Waals surface area contributed by atoms with Gasteiger partial charge in [-0.15, -0.1) is 13.2 Å². The Morgan fingerprint density at radius 2 is 1.60 bits per heavy atom. The number of nitrogens with one attached hydrogen (secondary N) is 1. The maximum atomic E-state index is 12.2. The van der Waals surface area contributed by atoms with E-state index in [1.807, 2.05) is 42.5 Å². The zero-order valence-electron chi connectivity index (χ0n) is 15.4. The fourth-order valence-electron chi connectivity index (χ4n) is 2.58. The fraction of sp³-hybridized carbons (Fsp3) is 0.143. The third-order valence-electron chi connectivity index (χ3n) is 3.89. The molecule has 30 heavy (non-hydrogen) atoms. The molecule has 0 fully saturated rings. The number of hydrogen-bond acceptors (Lipinski definition) is 4. The number of fused-ring (bicyclic) bond motifs is 1. The van der Waals surface area contributed by atoms with Crippen LogP contribution < -0.4 is 14.2 Å². The van der Waals surface area contributed by atoms with Crippen molar-refractivity contribution in [3.63, 3.8) is 0 Å². The van der Waals surface area contributed by atoms with Crippen LogP contribution in [0.2, 0.25) is 0 Å². The number of rotatable bonds is 6. The lowest BCUT2D eigenvalue weighted by atomic mass is 10.1. The van der Waals surface area contributed by atoms with Gasteiger partial charge in [-0.2, -0.15) is 4.72 Å². The van der Waals surface area contributed by atoms with Crippen molar-refractivity contribution in [1.82, 2.24) is 4.72 Å². The first-order valence-electron chi connectivity index (χ1n) is 8.66. The van der Waals surface area contributed by atoms with Crippen LogP contribution in [0, 0.1) is 11.8 Å². The second kappa shape index (κ2) is 9.07. The molecule has 3 aromatic carbocycles. The molecule has 0 aliphatic carbocycles. The minimum atomic E-state index is -4.84. The van der Waals surface area contributed by atoms with Crippen LogP contribution in [-0.4, -0.2) is 27.9 Å². The Labute approximate surface area is 171 Å². The van der Waals surface area contributed by atoms with E-state index in [1.165, 1.54) is 0 Å². The summed E-state index contributed by atoms with van der Waals surface area (Å²) >= 11 is 0. The average molecular weight is 435 g/mol. The number of alkyl halides is 3. The van der Waals surface area contributed by atoms with Crippen LogP contribution >= 0.6 is 0 Å². The largest absolute Gasteiger partial charge is 0.573 e. The Balaban J connectivity index is 1.53. The molecular formula is C21H16F3NO4S. The standard InChI is InChI=1S/C21H16F3NO4S/c22-21(23,24)29-17-10-12-18(13-11-17)30(26,27)25-14-3-4-15-28-20-9-5-7-16-6-1-2-8-19(16)20/h1-2,5-13,25H,14-15H2. The van der Waals surface area contributed by atoms with Crippen molar-refractivity contribution in [2.24, 2.45) is 0 Å². The van der Waals surface area contributed by atoms with Crippen LogP contribution in [0.3, 0.4) is 0 Å². The summed E-state index contributed by atoms with van der Waals surface area (Å²) in [6, 6.07) is 17.2. The van der Waals surface area contributed by atoms with Crippen LogP contribution in [0.5, 0.6) is 11.5 Å². The smallest absolute Gasteiger partial charge is 0.480 e. The normalized spacial score (nSPS) is 11.6. The molecule has 9 heteroatoms. The van der Waals surface area contributed by atoms with Crippen LogP contribution in [0.4, 0.5) is 13.2 Å². The van der Waals surface area contributed by atoms with Gasteiger partial charge in [0.05, 0.1) is 11.4 Å². The Hall–Kier alpha value is -3.22. The van der Waals surface area contributed by atoms with Gasteiger partial charge >= 0.3 is 6.36 Å². The first-order chi connectivity index (χ1) is 14.2. The van der Waals surface area contributed by atoms with Crippen molar-refractivity contribution in [3.8, 4) is 23.3 Å². The Bertz CT molecular complexity index is 1180. The molecule has 0 radical (unpaired) electrons. The summed E-state index contributed by atoms with van der Waals surface area (Å²) in [7, 11) is -3.92. The van der Waals surface area contributed by atoms with E-state index in [1.54, 1.807) is 0 Å². The van der Waals surface area contributed by atoms with E-state index in [2.05, 4.69) is 21.3 Å². The van der Waals surface area contributed by atoms with Gasteiger partial charge in [-0.25, -0.2) is 8.42 Å². The Morgan fingerprint density at radius 3 is 2.33 bits per heavy atom. The van der Waals surface area contributed by atoms with E-state index in [0.29, 0.717) is 5.75 Å². The summed E-state index contributed by atoms with van der Waals surface area (Å²) in [5, 5.41) is 1.97. The predicted octanol–water partition coefficient (Wildman–Crippen LogP) is 4.10. The second-order valence-electron chi connectivity index (χ2n) is 5.96. The molecule has 3 rings (SSSR count). The number of halogens is 3. The molecule has 0 aromatic heterocycles. The summed E-state index contributed by atoms with van der Waals surface area (Å²) in [4.78, 5) is -0.203. The third-order valence-corrected chi connectivity index (χ3v) is 5.31. The van der Waals surface area contributed by atoms with E-state index in [9.17, 15) is 21.6 Å². The SMILES string of the molecule is O=S(=O)(NCC#CCOc1cccc2ccccc12)c1ccc(OC(F)(F)F)cc1. The second-order valence-corrected chi connectivity index (χ2v) is 7.73. The molecule has 156 valence electrons. The van der Waals surface area contributed by atoms with Gasteiger partial charge in [0.25, 0.3) is 0 Å². The Kier molecular flexibility index (Phi) is 6.50. The van der Waals surface area contributed by atoms with E-state index in [4.69, 9.17) is 4.74 Å². The van der Waals surface area contributed by atoms with Gasteiger partial charge in [-0.1, -0.05) is 48.2 Å².